The summed E-state index contributed by atoms with van der Waals surface area (Å²) in [6.07, 6.45) is -0.713. The minimum atomic E-state index is -4.81. The summed E-state index contributed by atoms with van der Waals surface area (Å²) in [7, 11) is 0. The highest BCUT2D eigenvalue weighted by molar-refractivity contribution is 5.97. The summed E-state index contributed by atoms with van der Waals surface area (Å²) in [5.74, 6) is -2.22. The van der Waals surface area contributed by atoms with E-state index >= 15 is 0 Å². The quantitative estimate of drug-likeness (QED) is 0.287. The Morgan fingerprint density at radius 2 is 1.85 bits per heavy atom. The summed E-state index contributed by atoms with van der Waals surface area (Å²) in [5.41, 5.74) is 5.28. The number of hydrogen-bond donors (Lipinski definition) is 3. The van der Waals surface area contributed by atoms with Gasteiger partial charge in [0.25, 0.3) is 17.4 Å². The van der Waals surface area contributed by atoms with Crippen LogP contribution < -0.4 is 26.7 Å². The van der Waals surface area contributed by atoms with Crippen LogP contribution in [0.25, 0.3) is 0 Å². The van der Waals surface area contributed by atoms with Crippen molar-refractivity contribution in [2.24, 2.45) is 5.73 Å². The van der Waals surface area contributed by atoms with Gasteiger partial charge in [-0.05, 0) is 43.5 Å². The molecule has 0 aliphatic rings. The van der Waals surface area contributed by atoms with Crippen molar-refractivity contribution in [3.8, 4) is 5.75 Å². The molecule has 0 fully saturated rings. The van der Waals surface area contributed by atoms with E-state index in [9.17, 15) is 32.3 Å². The summed E-state index contributed by atoms with van der Waals surface area (Å²) in [4.78, 5) is 47.8. The number of carbonyl (C=O) groups excluding carboxylic acids is 3. The van der Waals surface area contributed by atoms with Gasteiger partial charge in [-0.2, -0.15) is 0 Å². The first-order valence-corrected chi connectivity index (χ1v) is 11.7. The highest BCUT2D eigenvalue weighted by Gasteiger charge is 2.31. The van der Waals surface area contributed by atoms with Crippen LogP contribution in [-0.2, 0) is 24.4 Å². The molecule has 2 aromatic heterocycles. The summed E-state index contributed by atoms with van der Waals surface area (Å²) < 4.78 is 43.9. The number of halogens is 3. The number of nitrogens with zero attached hydrogens (tertiary/aromatic N) is 4. The smallest absolute Gasteiger partial charge is 0.406 e. The molecule has 12 nitrogen and oxygen atoms in total. The first kappa shape index (κ1) is 28.9. The first-order valence-electron chi connectivity index (χ1n) is 11.7. The second-order valence-electron chi connectivity index (χ2n) is 8.50. The molecule has 1 atom stereocenters. The average molecular weight is 550 g/mol. The Morgan fingerprint density at radius 3 is 2.54 bits per heavy atom. The molecule has 0 radical (unpaired) electrons. The molecule has 2 heterocycles. The van der Waals surface area contributed by atoms with Gasteiger partial charge < -0.3 is 25.7 Å². The van der Waals surface area contributed by atoms with Crippen LogP contribution in [0.2, 0.25) is 0 Å². The van der Waals surface area contributed by atoms with E-state index in [-0.39, 0.29) is 23.4 Å². The zero-order valence-corrected chi connectivity index (χ0v) is 20.8. The number of carbonyl (C=O) groups is 3. The van der Waals surface area contributed by atoms with Crippen LogP contribution in [0.5, 0.6) is 5.75 Å². The van der Waals surface area contributed by atoms with Crippen LogP contribution in [-0.4, -0.2) is 49.7 Å². The topological polar surface area (TPSA) is 163 Å². The van der Waals surface area contributed by atoms with E-state index in [1.807, 2.05) is 0 Å². The van der Waals surface area contributed by atoms with Crippen LogP contribution in [0.3, 0.4) is 0 Å². The Hall–Kier alpha value is -4.69. The molecule has 0 aliphatic heterocycles. The van der Waals surface area contributed by atoms with Crippen LogP contribution in [0.15, 0.2) is 53.6 Å². The molecule has 39 heavy (non-hydrogen) atoms. The number of primary amides is 1. The van der Waals surface area contributed by atoms with Crippen molar-refractivity contribution < 1.29 is 32.3 Å². The lowest BCUT2D eigenvalue weighted by molar-refractivity contribution is -0.274. The number of aryl methyl sites for hydroxylation is 2. The number of hydrogen-bond acceptors (Lipinski definition) is 7. The fourth-order valence-electron chi connectivity index (χ4n) is 3.38. The molecule has 0 saturated heterocycles. The van der Waals surface area contributed by atoms with E-state index in [0.29, 0.717) is 31.5 Å². The molecule has 0 saturated carbocycles. The van der Waals surface area contributed by atoms with E-state index in [0.717, 1.165) is 6.07 Å². The normalized spacial score (nSPS) is 12.0. The number of amides is 3. The Bertz CT molecular complexity index is 1390. The third-order valence-corrected chi connectivity index (χ3v) is 5.43. The molecule has 3 aromatic rings. The molecule has 1 aromatic carbocycles. The predicted molar refractivity (Wildman–Crippen MR) is 130 cm³/mol. The zero-order valence-electron chi connectivity index (χ0n) is 20.8. The summed E-state index contributed by atoms with van der Waals surface area (Å²) in [6, 6.07) is 7.01. The van der Waals surface area contributed by atoms with Gasteiger partial charge in [-0.25, -0.2) is 0 Å². The lowest BCUT2D eigenvalue weighted by atomic mass is 10.2. The second-order valence-corrected chi connectivity index (χ2v) is 8.50. The van der Waals surface area contributed by atoms with Crippen molar-refractivity contribution in [1.29, 1.82) is 0 Å². The number of nitrogens with one attached hydrogen (secondary N) is 2. The predicted octanol–water partition coefficient (Wildman–Crippen LogP) is 1.35. The van der Waals surface area contributed by atoms with Crippen molar-refractivity contribution in [3.63, 3.8) is 0 Å². The molecule has 208 valence electrons. The number of benzene rings is 1. The maximum Gasteiger partial charge on any atom is 0.573 e. The molecule has 15 heteroatoms. The van der Waals surface area contributed by atoms with Gasteiger partial charge in [0, 0.05) is 37.5 Å². The first-order chi connectivity index (χ1) is 18.4. The Morgan fingerprint density at radius 1 is 1.10 bits per heavy atom. The summed E-state index contributed by atoms with van der Waals surface area (Å²) in [5, 5.41) is 12.7. The molecular formula is C24H26F3N7O5. The Kier molecular flexibility index (Phi) is 9.41. The summed E-state index contributed by atoms with van der Waals surface area (Å²) in [6.45, 7) is 2.18. The van der Waals surface area contributed by atoms with Gasteiger partial charge in [-0.3, -0.25) is 23.9 Å². The van der Waals surface area contributed by atoms with E-state index in [4.69, 9.17) is 5.73 Å². The third-order valence-electron chi connectivity index (χ3n) is 5.43. The van der Waals surface area contributed by atoms with E-state index in [2.05, 4.69) is 25.7 Å². The number of aromatic nitrogens is 4. The molecular weight excluding hydrogens is 523 g/mol. The maximum atomic E-state index is 12.4. The van der Waals surface area contributed by atoms with Gasteiger partial charge >= 0.3 is 6.36 Å². The van der Waals surface area contributed by atoms with Crippen LogP contribution in [0.1, 0.15) is 46.2 Å². The Balaban J connectivity index is 1.44. The Labute approximate surface area is 219 Å². The largest absolute Gasteiger partial charge is 0.573 e. The maximum absolute atomic E-state index is 12.4. The number of alkyl halides is 3. The fraction of sp³-hybridized carbons (Fsp3) is 0.333. The zero-order chi connectivity index (χ0) is 28.6. The van der Waals surface area contributed by atoms with Crippen molar-refractivity contribution in [1.82, 2.24) is 30.2 Å². The summed E-state index contributed by atoms with van der Waals surface area (Å²) >= 11 is 0. The second kappa shape index (κ2) is 12.7. The van der Waals surface area contributed by atoms with Gasteiger partial charge in [-0.15, -0.1) is 18.3 Å². The van der Waals surface area contributed by atoms with E-state index in [1.54, 1.807) is 6.07 Å². The van der Waals surface area contributed by atoms with Gasteiger partial charge in [0.2, 0.25) is 5.91 Å². The van der Waals surface area contributed by atoms with Crippen molar-refractivity contribution in [3.05, 3.63) is 76.0 Å². The highest BCUT2D eigenvalue weighted by atomic mass is 19.4. The molecule has 0 aliphatic carbocycles. The molecule has 3 rings (SSSR count). The van der Waals surface area contributed by atoms with Crippen LogP contribution in [0.4, 0.5) is 13.2 Å². The third kappa shape index (κ3) is 8.98. The molecule has 0 unspecified atom stereocenters. The molecule has 0 spiro atoms. The number of unbranched alkanes of at least 4 members (excludes halogenated alkanes) is 1. The molecule has 3 amide bonds. The fourth-order valence-corrected chi connectivity index (χ4v) is 3.38. The lowest BCUT2D eigenvalue weighted by Crippen LogP contribution is -2.42. The van der Waals surface area contributed by atoms with E-state index in [1.165, 1.54) is 52.8 Å². The van der Waals surface area contributed by atoms with Crippen molar-refractivity contribution in [2.45, 2.75) is 51.8 Å². The van der Waals surface area contributed by atoms with Crippen molar-refractivity contribution in [2.75, 3.05) is 0 Å². The standard InChI is InChI=1S/C24H26F3N7O5/c1-15(21(28)36)30-22(37)17-7-10-33(20(35)12-17)8-2-3-9-34-14-19(31-32-34)23(38)29-13-16-5-4-6-18(11-16)39-24(25,26)27/h4-7,10-12,14-15H,2-3,8-9,13H2,1H3,(H2,28,36)(H,29,38)(H,30,37)/t15-/m1/s1. The highest BCUT2D eigenvalue weighted by Crippen LogP contribution is 2.23. The van der Waals surface area contributed by atoms with Crippen molar-refractivity contribution >= 4 is 17.7 Å². The number of nitrogens with two attached hydrogens (primary N) is 1. The monoisotopic (exact) mass is 549 g/mol. The number of pyridine rings is 1. The minimum absolute atomic E-state index is 0.0356. The molecule has 0 bridgehead atoms. The van der Waals surface area contributed by atoms with Gasteiger partial charge in [-0.1, -0.05) is 17.3 Å². The molecule has 4 N–H and O–H groups in total. The van der Waals surface area contributed by atoms with Crippen LogP contribution in [0, 0.1) is 0 Å². The SMILES string of the molecule is C[C@@H](NC(=O)c1ccn(CCCCn2cc(C(=O)NCc3cccc(OC(F)(F)F)c3)nn2)c(=O)c1)C(N)=O. The van der Waals surface area contributed by atoms with Gasteiger partial charge in [0.15, 0.2) is 5.69 Å². The van der Waals surface area contributed by atoms with Gasteiger partial charge in [0.1, 0.15) is 11.8 Å². The minimum Gasteiger partial charge on any atom is -0.406 e. The number of rotatable bonds is 12. The lowest BCUT2D eigenvalue weighted by Gasteiger charge is -2.11. The average Bonchev–Trinajstić information content (AvgIpc) is 3.34. The van der Waals surface area contributed by atoms with Crippen LogP contribution >= 0.6 is 0 Å². The van der Waals surface area contributed by atoms with Gasteiger partial charge in [0.05, 0.1) is 6.20 Å². The number of ether oxygens (including phenoxy) is 1. The van der Waals surface area contributed by atoms with E-state index < -0.39 is 35.9 Å².